The molecule has 3 heterocycles. The van der Waals surface area contributed by atoms with Crippen LogP contribution in [0.5, 0.6) is 0 Å². The van der Waals surface area contributed by atoms with E-state index in [0.29, 0.717) is 26.2 Å². The monoisotopic (exact) mass is 410 g/mol. The van der Waals surface area contributed by atoms with Crippen molar-refractivity contribution in [3.8, 4) is 0 Å². The summed E-state index contributed by atoms with van der Waals surface area (Å²) in [6.45, 7) is 7.93. The van der Waals surface area contributed by atoms with Crippen LogP contribution in [-0.4, -0.2) is 37.4 Å². The van der Waals surface area contributed by atoms with Gasteiger partial charge in [0.2, 0.25) is 0 Å². The van der Waals surface area contributed by atoms with Crippen LogP contribution in [0, 0.1) is 26.6 Å². The fourth-order valence-corrected chi connectivity index (χ4v) is 3.96. The van der Waals surface area contributed by atoms with Gasteiger partial charge in [0.15, 0.2) is 0 Å². The van der Waals surface area contributed by atoms with Crippen LogP contribution in [0.3, 0.4) is 0 Å². The molecule has 0 saturated carbocycles. The molecule has 4 aromatic rings. The van der Waals surface area contributed by atoms with E-state index in [0.717, 1.165) is 39.3 Å². The van der Waals surface area contributed by atoms with Gasteiger partial charge in [-0.2, -0.15) is 5.10 Å². The van der Waals surface area contributed by atoms with Gasteiger partial charge in [-0.3, -0.25) is 9.58 Å². The number of H-pyrrole nitrogens is 1. The summed E-state index contributed by atoms with van der Waals surface area (Å²) in [5.41, 5.74) is 4.89. The lowest BCUT2D eigenvalue weighted by Gasteiger charge is -2.24. The smallest absolute Gasteiger partial charge is 0.123 e. The number of aromatic amines is 1. The lowest BCUT2D eigenvalue weighted by molar-refractivity contribution is 0.0833. The molecule has 2 N–H and O–H groups in total. The van der Waals surface area contributed by atoms with Gasteiger partial charge < -0.3 is 14.5 Å². The number of aliphatic hydroxyl groups excluding tert-OH is 1. The van der Waals surface area contributed by atoms with E-state index in [4.69, 9.17) is 4.42 Å². The molecule has 30 heavy (non-hydrogen) atoms. The maximum absolute atomic E-state index is 13.7. The number of aromatic nitrogens is 3. The zero-order valence-electron chi connectivity index (χ0n) is 17.5. The number of furan rings is 1. The third kappa shape index (κ3) is 4.47. The molecule has 0 fully saturated rings. The van der Waals surface area contributed by atoms with Crippen molar-refractivity contribution in [1.29, 1.82) is 0 Å². The Kier molecular flexibility index (Phi) is 5.74. The Hall–Kier alpha value is -2.90. The zero-order valence-corrected chi connectivity index (χ0v) is 17.5. The SMILES string of the molecule is Cc1cc(C)n(C[C@@H](O)CN(Cc2ccco2)Cc2[nH]c3ccc(F)cc3c2C)n1. The Morgan fingerprint density at radius 1 is 1.20 bits per heavy atom. The summed E-state index contributed by atoms with van der Waals surface area (Å²) in [6.07, 6.45) is 1.05. The predicted octanol–water partition coefficient (Wildman–Crippen LogP) is 4.09. The number of nitrogens with one attached hydrogen (secondary N) is 1. The average molecular weight is 410 g/mol. The maximum atomic E-state index is 13.7. The number of hydrogen-bond acceptors (Lipinski definition) is 4. The van der Waals surface area contributed by atoms with Crippen LogP contribution >= 0.6 is 0 Å². The van der Waals surface area contributed by atoms with Gasteiger partial charge in [-0.1, -0.05) is 0 Å². The Bertz CT molecular complexity index is 1130. The molecule has 7 heteroatoms. The molecule has 3 aromatic heterocycles. The van der Waals surface area contributed by atoms with Gasteiger partial charge in [-0.15, -0.1) is 0 Å². The molecule has 4 rings (SSSR count). The summed E-state index contributed by atoms with van der Waals surface area (Å²) in [7, 11) is 0. The van der Waals surface area contributed by atoms with Crippen molar-refractivity contribution >= 4 is 10.9 Å². The van der Waals surface area contributed by atoms with Crippen molar-refractivity contribution in [3.63, 3.8) is 0 Å². The van der Waals surface area contributed by atoms with E-state index in [-0.39, 0.29) is 5.82 Å². The van der Waals surface area contributed by atoms with E-state index in [1.807, 2.05) is 43.7 Å². The highest BCUT2D eigenvalue weighted by molar-refractivity contribution is 5.84. The van der Waals surface area contributed by atoms with Crippen molar-refractivity contribution in [2.24, 2.45) is 0 Å². The normalized spacial score (nSPS) is 12.9. The second-order valence-corrected chi connectivity index (χ2v) is 7.93. The summed E-state index contributed by atoms with van der Waals surface area (Å²) >= 11 is 0. The van der Waals surface area contributed by atoms with Crippen molar-refractivity contribution < 1.29 is 13.9 Å². The fourth-order valence-electron chi connectivity index (χ4n) is 3.96. The molecule has 0 unspecified atom stereocenters. The number of halogens is 1. The summed E-state index contributed by atoms with van der Waals surface area (Å²) in [5, 5.41) is 16.1. The Labute approximate surface area is 174 Å². The minimum atomic E-state index is -0.597. The van der Waals surface area contributed by atoms with Gasteiger partial charge in [0.05, 0.1) is 31.2 Å². The highest BCUT2D eigenvalue weighted by atomic mass is 19.1. The van der Waals surface area contributed by atoms with Gasteiger partial charge in [0.25, 0.3) is 0 Å². The number of hydrogen-bond donors (Lipinski definition) is 2. The first-order valence-corrected chi connectivity index (χ1v) is 10.1. The second-order valence-electron chi connectivity index (χ2n) is 7.93. The Morgan fingerprint density at radius 2 is 2.03 bits per heavy atom. The van der Waals surface area contributed by atoms with E-state index in [2.05, 4.69) is 15.0 Å². The van der Waals surface area contributed by atoms with Gasteiger partial charge >= 0.3 is 0 Å². The molecule has 1 aromatic carbocycles. The number of benzene rings is 1. The maximum Gasteiger partial charge on any atom is 0.123 e. The van der Waals surface area contributed by atoms with Crippen molar-refractivity contribution in [2.75, 3.05) is 6.54 Å². The van der Waals surface area contributed by atoms with E-state index in [9.17, 15) is 9.50 Å². The third-order valence-corrected chi connectivity index (χ3v) is 5.42. The minimum absolute atomic E-state index is 0.246. The van der Waals surface area contributed by atoms with E-state index in [1.54, 1.807) is 18.4 Å². The largest absolute Gasteiger partial charge is 0.468 e. The summed E-state index contributed by atoms with van der Waals surface area (Å²) < 4.78 is 21.0. The molecule has 0 radical (unpaired) electrons. The quantitative estimate of drug-likeness (QED) is 0.459. The lowest BCUT2D eigenvalue weighted by Crippen LogP contribution is -2.34. The summed E-state index contributed by atoms with van der Waals surface area (Å²) in [6, 6.07) is 10.6. The standard InChI is InChI=1S/C23H27FN4O2/c1-15-9-16(2)28(26-15)12-19(29)11-27(13-20-5-4-8-30-20)14-23-17(3)21-10-18(24)6-7-22(21)25-23/h4-10,19,25,29H,11-14H2,1-3H3/t19-/m0/s1. The number of aliphatic hydroxyl groups is 1. The van der Waals surface area contributed by atoms with E-state index < -0.39 is 6.10 Å². The zero-order chi connectivity index (χ0) is 21.3. The lowest BCUT2D eigenvalue weighted by atomic mass is 10.1. The van der Waals surface area contributed by atoms with Crippen LogP contribution in [0.25, 0.3) is 10.9 Å². The van der Waals surface area contributed by atoms with Crippen LogP contribution in [0.4, 0.5) is 4.39 Å². The molecular formula is C23H27FN4O2. The second kappa shape index (κ2) is 8.45. The van der Waals surface area contributed by atoms with Gasteiger partial charge in [0, 0.05) is 35.4 Å². The first kappa shape index (κ1) is 20.4. The van der Waals surface area contributed by atoms with Crippen molar-refractivity contribution in [2.45, 2.75) is 46.5 Å². The van der Waals surface area contributed by atoms with Crippen molar-refractivity contribution in [3.05, 3.63) is 76.9 Å². The topological polar surface area (TPSA) is 70.2 Å². The number of fused-ring (bicyclic) bond motifs is 1. The molecular weight excluding hydrogens is 383 g/mol. The molecule has 0 bridgehead atoms. The number of aryl methyl sites for hydroxylation is 3. The molecule has 0 aliphatic heterocycles. The molecule has 1 atom stereocenters. The van der Waals surface area contributed by atoms with E-state index in [1.165, 1.54) is 6.07 Å². The molecule has 0 saturated heterocycles. The summed E-state index contributed by atoms with van der Waals surface area (Å²) in [5.74, 6) is 0.581. The first-order valence-electron chi connectivity index (χ1n) is 10.1. The van der Waals surface area contributed by atoms with E-state index >= 15 is 0 Å². The molecule has 0 aliphatic carbocycles. The van der Waals surface area contributed by atoms with Gasteiger partial charge in [-0.05, 0) is 62.7 Å². The van der Waals surface area contributed by atoms with Crippen LogP contribution in [0.2, 0.25) is 0 Å². The first-order chi connectivity index (χ1) is 14.4. The van der Waals surface area contributed by atoms with Gasteiger partial charge in [0.1, 0.15) is 11.6 Å². The Balaban J connectivity index is 1.54. The Morgan fingerprint density at radius 3 is 2.73 bits per heavy atom. The molecule has 0 aliphatic rings. The van der Waals surface area contributed by atoms with Crippen LogP contribution < -0.4 is 0 Å². The minimum Gasteiger partial charge on any atom is -0.468 e. The van der Waals surface area contributed by atoms with Crippen molar-refractivity contribution in [1.82, 2.24) is 19.7 Å². The van der Waals surface area contributed by atoms with Crippen LogP contribution in [0.15, 0.2) is 47.1 Å². The molecule has 158 valence electrons. The van der Waals surface area contributed by atoms with Crippen LogP contribution in [0.1, 0.15) is 28.4 Å². The van der Waals surface area contributed by atoms with Gasteiger partial charge in [-0.25, -0.2) is 4.39 Å². The number of nitrogens with zero attached hydrogens (tertiary/aromatic N) is 3. The third-order valence-electron chi connectivity index (χ3n) is 5.42. The average Bonchev–Trinajstić information content (AvgIpc) is 3.37. The van der Waals surface area contributed by atoms with Crippen LogP contribution in [-0.2, 0) is 19.6 Å². The molecule has 6 nitrogen and oxygen atoms in total. The molecule has 0 amide bonds. The number of rotatable bonds is 8. The molecule has 0 spiro atoms. The predicted molar refractivity (Wildman–Crippen MR) is 114 cm³/mol. The fraction of sp³-hybridized carbons (Fsp3) is 0.348. The summed E-state index contributed by atoms with van der Waals surface area (Å²) in [4.78, 5) is 5.53. The highest BCUT2D eigenvalue weighted by Gasteiger charge is 2.18. The highest BCUT2D eigenvalue weighted by Crippen LogP contribution is 2.24.